The van der Waals surface area contributed by atoms with E-state index in [2.05, 4.69) is 17.1 Å². The van der Waals surface area contributed by atoms with Crippen LogP contribution in [0.3, 0.4) is 0 Å². The lowest BCUT2D eigenvalue weighted by molar-refractivity contribution is 0.318. The van der Waals surface area contributed by atoms with Crippen LogP contribution in [0.5, 0.6) is 0 Å². The van der Waals surface area contributed by atoms with Gasteiger partial charge in [0.25, 0.3) is 0 Å². The van der Waals surface area contributed by atoms with Gasteiger partial charge in [0.2, 0.25) is 0 Å². The van der Waals surface area contributed by atoms with Gasteiger partial charge in [0.05, 0.1) is 0 Å². The number of amidine groups is 1. The molecular formula is C13H19N3O. The van der Waals surface area contributed by atoms with E-state index in [0.717, 1.165) is 23.7 Å². The minimum absolute atomic E-state index is 0.155. The normalized spacial score (nSPS) is 15.9. The molecule has 4 nitrogen and oxygen atoms in total. The molecule has 1 aliphatic rings. The summed E-state index contributed by atoms with van der Waals surface area (Å²) in [4.78, 5) is 2.21. The molecule has 0 aliphatic heterocycles. The number of benzene rings is 1. The van der Waals surface area contributed by atoms with Gasteiger partial charge in [0.15, 0.2) is 5.84 Å². The zero-order valence-electron chi connectivity index (χ0n) is 10.1. The van der Waals surface area contributed by atoms with Crippen LogP contribution in [0.1, 0.15) is 24.8 Å². The van der Waals surface area contributed by atoms with Gasteiger partial charge in [-0.05, 0) is 24.5 Å². The van der Waals surface area contributed by atoms with Crippen molar-refractivity contribution >= 4 is 11.5 Å². The summed E-state index contributed by atoms with van der Waals surface area (Å²) in [6, 6.07) is 7.76. The van der Waals surface area contributed by atoms with Crippen LogP contribution in [-0.2, 0) is 0 Å². The third-order valence-corrected chi connectivity index (χ3v) is 3.26. The first kappa shape index (κ1) is 11.8. The first-order chi connectivity index (χ1) is 8.20. The third-order valence-electron chi connectivity index (χ3n) is 3.26. The van der Waals surface area contributed by atoms with E-state index in [-0.39, 0.29) is 5.84 Å². The van der Waals surface area contributed by atoms with Crippen molar-refractivity contribution in [3.05, 3.63) is 29.8 Å². The molecule has 1 aromatic rings. The van der Waals surface area contributed by atoms with Crippen molar-refractivity contribution in [3.63, 3.8) is 0 Å². The standard InChI is InChI=1S/C13H19N3O/c1-16(8-7-10-5-6-10)12-4-2-3-11(9-12)13(14)15-17/h2-4,9-10,17H,5-8H2,1H3,(H2,14,15). The van der Waals surface area contributed by atoms with Crippen molar-refractivity contribution in [3.8, 4) is 0 Å². The lowest BCUT2D eigenvalue weighted by atomic mass is 10.1. The van der Waals surface area contributed by atoms with E-state index in [9.17, 15) is 0 Å². The Kier molecular flexibility index (Phi) is 3.52. The average Bonchev–Trinajstić information content (AvgIpc) is 3.19. The lowest BCUT2D eigenvalue weighted by Gasteiger charge is -2.19. The molecule has 0 heterocycles. The predicted molar refractivity (Wildman–Crippen MR) is 69.6 cm³/mol. The molecule has 17 heavy (non-hydrogen) atoms. The van der Waals surface area contributed by atoms with Gasteiger partial charge in [-0.3, -0.25) is 0 Å². The fraction of sp³-hybridized carbons (Fsp3) is 0.462. The van der Waals surface area contributed by atoms with Gasteiger partial charge in [-0.15, -0.1) is 0 Å². The fourth-order valence-electron chi connectivity index (χ4n) is 1.87. The maximum atomic E-state index is 8.65. The van der Waals surface area contributed by atoms with Gasteiger partial charge in [-0.2, -0.15) is 0 Å². The van der Waals surface area contributed by atoms with Crippen LogP contribution in [0.15, 0.2) is 29.4 Å². The number of nitrogens with zero attached hydrogens (tertiary/aromatic N) is 2. The summed E-state index contributed by atoms with van der Waals surface area (Å²) in [6.45, 7) is 1.06. The largest absolute Gasteiger partial charge is 0.409 e. The van der Waals surface area contributed by atoms with Crippen LogP contribution in [0.2, 0.25) is 0 Å². The quantitative estimate of drug-likeness (QED) is 0.354. The molecule has 0 atom stereocenters. The molecule has 4 heteroatoms. The molecule has 2 rings (SSSR count). The first-order valence-electron chi connectivity index (χ1n) is 6.00. The van der Waals surface area contributed by atoms with Gasteiger partial charge < -0.3 is 15.8 Å². The highest BCUT2D eigenvalue weighted by Gasteiger charge is 2.21. The Morgan fingerprint density at radius 2 is 2.29 bits per heavy atom. The molecule has 3 N–H and O–H groups in total. The third kappa shape index (κ3) is 3.12. The van der Waals surface area contributed by atoms with E-state index in [0.29, 0.717) is 0 Å². The van der Waals surface area contributed by atoms with Crippen molar-refractivity contribution in [2.24, 2.45) is 16.8 Å². The highest BCUT2D eigenvalue weighted by Crippen LogP contribution is 2.32. The van der Waals surface area contributed by atoms with E-state index in [4.69, 9.17) is 10.9 Å². The van der Waals surface area contributed by atoms with Crippen LogP contribution in [0.25, 0.3) is 0 Å². The van der Waals surface area contributed by atoms with E-state index in [1.807, 2.05) is 24.3 Å². The molecule has 0 unspecified atom stereocenters. The Morgan fingerprint density at radius 1 is 1.53 bits per heavy atom. The Hall–Kier alpha value is -1.71. The maximum absolute atomic E-state index is 8.65. The van der Waals surface area contributed by atoms with E-state index >= 15 is 0 Å². The van der Waals surface area contributed by atoms with Gasteiger partial charge in [-0.1, -0.05) is 30.1 Å². The molecule has 0 bridgehead atoms. The van der Waals surface area contributed by atoms with Crippen LogP contribution in [0, 0.1) is 5.92 Å². The SMILES string of the molecule is CN(CCC1CC1)c1cccc(C(N)=NO)c1. The van der Waals surface area contributed by atoms with E-state index in [1.165, 1.54) is 19.3 Å². The van der Waals surface area contributed by atoms with Gasteiger partial charge in [0, 0.05) is 24.8 Å². The van der Waals surface area contributed by atoms with Crippen molar-refractivity contribution in [1.29, 1.82) is 0 Å². The van der Waals surface area contributed by atoms with Gasteiger partial charge >= 0.3 is 0 Å². The van der Waals surface area contributed by atoms with Crippen molar-refractivity contribution in [1.82, 2.24) is 0 Å². The van der Waals surface area contributed by atoms with Gasteiger partial charge in [0.1, 0.15) is 0 Å². The molecule has 0 spiro atoms. The van der Waals surface area contributed by atoms with E-state index in [1.54, 1.807) is 0 Å². The minimum Gasteiger partial charge on any atom is -0.409 e. The maximum Gasteiger partial charge on any atom is 0.170 e. The second-order valence-electron chi connectivity index (χ2n) is 4.69. The topological polar surface area (TPSA) is 61.8 Å². The summed E-state index contributed by atoms with van der Waals surface area (Å²) in [5.41, 5.74) is 7.44. The zero-order chi connectivity index (χ0) is 12.3. The van der Waals surface area contributed by atoms with E-state index < -0.39 is 0 Å². The Morgan fingerprint density at radius 3 is 2.94 bits per heavy atom. The minimum atomic E-state index is 0.155. The molecular weight excluding hydrogens is 214 g/mol. The van der Waals surface area contributed by atoms with Crippen LogP contribution < -0.4 is 10.6 Å². The highest BCUT2D eigenvalue weighted by atomic mass is 16.4. The molecule has 92 valence electrons. The summed E-state index contributed by atoms with van der Waals surface area (Å²) in [5.74, 6) is 1.09. The number of anilines is 1. The second kappa shape index (κ2) is 5.08. The molecule has 0 amide bonds. The summed E-state index contributed by atoms with van der Waals surface area (Å²) in [5, 5.41) is 11.7. The fourth-order valence-corrected chi connectivity index (χ4v) is 1.87. The smallest absolute Gasteiger partial charge is 0.170 e. The number of hydrogen-bond donors (Lipinski definition) is 2. The predicted octanol–water partition coefficient (Wildman–Crippen LogP) is 2.02. The lowest BCUT2D eigenvalue weighted by Crippen LogP contribution is -2.20. The van der Waals surface area contributed by atoms with Crippen LogP contribution in [-0.4, -0.2) is 24.6 Å². The number of oxime groups is 1. The summed E-state index contributed by atoms with van der Waals surface area (Å²) >= 11 is 0. The molecule has 1 saturated carbocycles. The molecule has 0 saturated heterocycles. The molecule has 0 radical (unpaired) electrons. The molecule has 1 fully saturated rings. The van der Waals surface area contributed by atoms with Crippen molar-refractivity contribution in [2.75, 3.05) is 18.5 Å². The summed E-state index contributed by atoms with van der Waals surface area (Å²) in [6.07, 6.45) is 4.03. The molecule has 1 aliphatic carbocycles. The highest BCUT2D eigenvalue weighted by molar-refractivity contribution is 5.97. The number of nitrogens with two attached hydrogens (primary N) is 1. The van der Waals surface area contributed by atoms with Crippen molar-refractivity contribution in [2.45, 2.75) is 19.3 Å². The van der Waals surface area contributed by atoms with Gasteiger partial charge in [-0.25, -0.2) is 0 Å². The summed E-state index contributed by atoms with van der Waals surface area (Å²) in [7, 11) is 2.08. The Bertz CT molecular complexity index is 413. The van der Waals surface area contributed by atoms with Crippen LogP contribution >= 0.6 is 0 Å². The molecule has 1 aromatic carbocycles. The summed E-state index contributed by atoms with van der Waals surface area (Å²) < 4.78 is 0. The van der Waals surface area contributed by atoms with Crippen LogP contribution in [0.4, 0.5) is 5.69 Å². The number of rotatable bonds is 5. The average molecular weight is 233 g/mol. The Labute approximate surface area is 102 Å². The molecule has 0 aromatic heterocycles. The number of hydrogen-bond acceptors (Lipinski definition) is 3. The zero-order valence-corrected chi connectivity index (χ0v) is 10.1. The first-order valence-corrected chi connectivity index (χ1v) is 6.00. The monoisotopic (exact) mass is 233 g/mol. The second-order valence-corrected chi connectivity index (χ2v) is 4.69. The Balaban J connectivity index is 2.03. The van der Waals surface area contributed by atoms with Crippen molar-refractivity contribution < 1.29 is 5.21 Å².